The van der Waals surface area contributed by atoms with E-state index in [2.05, 4.69) is 0 Å². The summed E-state index contributed by atoms with van der Waals surface area (Å²) in [4.78, 5) is 14.1. The lowest BCUT2D eigenvalue weighted by atomic mass is 9.80. The number of hydrogen-bond acceptors (Lipinski definition) is 2. The van der Waals surface area contributed by atoms with Crippen LogP contribution in [-0.4, -0.2) is 48.2 Å². The van der Waals surface area contributed by atoms with E-state index < -0.39 is 18.0 Å². The van der Waals surface area contributed by atoms with E-state index in [1.165, 1.54) is 0 Å². The molecule has 0 radical (unpaired) electrons. The minimum atomic E-state index is -4.20. The molecule has 2 rings (SSSR count). The summed E-state index contributed by atoms with van der Waals surface area (Å²) < 4.78 is 44.1. The van der Waals surface area contributed by atoms with Crippen molar-refractivity contribution in [1.82, 2.24) is 4.90 Å². The SMILES string of the molecule is CC1CN(C(=O)C2CCCC(C(F)(F)F)C2)CC(CCl)O1. The van der Waals surface area contributed by atoms with Crippen LogP contribution in [0.1, 0.15) is 32.6 Å². The van der Waals surface area contributed by atoms with Crippen LogP contribution in [0.4, 0.5) is 13.2 Å². The molecule has 0 N–H and O–H groups in total. The van der Waals surface area contributed by atoms with Gasteiger partial charge >= 0.3 is 6.18 Å². The zero-order chi connectivity index (χ0) is 15.6. The Morgan fingerprint density at radius 1 is 1.33 bits per heavy atom. The molecular formula is C14H21ClF3NO2. The first-order chi connectivity index (χ1) is 9.81. The smallest absolute Gasteiger partial charge is 0.370 e. The van der Waals surface area contributed by atoms with Crippen LogP contribution in [0.2, 0.25) is 0 Å². The summed E-state index contributed by atoms with van der Waals surface area (Å²) in [6.07, 6.45) is -3.51. The average Bonchev–Trinajstić information content (AvgIpc) is 2.45. The zero-order valence-corrected chi connectivity index (χ0v) is 12.8. The normalized spacial score (nSPS) is 34.8. The van der Waals surface area contributed by atoms with Crippen LogP contribution in [0.15, 0.2) is 0 Å². The van der Waals surface area contributed by atoms with Crippen molar-refractivity contribution in [2.75, 3.05) is 19.0 Å². The number of halogens is 4. The van der Waals surface area contributed by atoms with Gasteiger partial charge in [-0.2, -0.15) is 13.2 Å². The first-order valence-electron chi connectivity index (χ1n) is 7.38. The Morgan fingerprint density at radius 2 is 2.05 bits per heavy atom. The van der Waals surface area contributed by atoms with Crippen LogP contribution >= 0.6 is 11.6 Å². The molecule has 1 amide bonds. The highest BCUT2D eigenvalue weighted by molar-refractivity contribution is 6.18. The largest absolute Gasteiger partial charge is 0.391 e. The molecule has 0 aromatic carbocycles. The lowest BCUT2D eigenvalue weighted by Crippen LogP contribution is -2.52. The molecule has 1 aliphatic carbocycles. The number of carbonyl (C=O) groups excluding carboxylic acids is 1. The molecule has 0 aromatic rings. The van der Waals surface area contributed by atoms with Crippen molar-refractivity contribution in [2.24, 2.45) is 11.8 Å². The summed E-state index contributed by atoms with van der Waals surface area (Å²) in [5.41, 5.74) is 0. The Hall–Kier alpha value is -0.490. The number of rotatable bonds is 2. The first-order valence-corrected chi connectivity index (χ1v) is 7.91. The van der Waals surface area contributed by atoms with Gasteiger partial charge in [0.2, 0.25) is 5.91 Å². The van der Waals surface area contributed by atoms with Gasteiger partial charge in [0, 0.05) is 19.0 Å². The van der Waals surface area contributed by atoms with E-state index in [4.69, 9.17) is 16.3 Å². The second-order valence-corrected chi connectivity index (χ2v) is 6.38. The summed E-state index contributed by atoms with van der Waals surface area (Å²) in [5, 5.41) is 0. The van der Waals surface area contributed by atoms with Gasteiger partial charge in [0.1, 0.15) is 0 Å². The van der Waals surface area contributed by atoms with E-state index in [0.29, 0.717) is 25.9 Å². The summed E-state index contributed by atoms with van der Waals surface area (Å²) in [6, 6.07) is 0. The van der Waals surface area contributed by atoms with Crippen molar-refractivity contribution in [3.63, 3.8) is 0 Å². The maximum Gasteiger partial charge on any atom is 0.391 e. The number of nitrogens with zero attached hydrogens (tertiary/aromatic N) is 1. The van der Waals surface area contributed by atoms with Crippen LogP contribution in [-0.2, 0) is 9.53 Å². The molecule has 1 saturated heterocycles. The highest BCUT2D eigenvalue weighted by Gasteiger charge is 2.44. The maximum atomic E-state index is 12.8. The zero-order valence-electron chi connectivity index (χ0n) is 12.0. The fourth-order valence-electron chi connectivity index (χ4n) is 3.28. The molecule has 0 spiro atoms. The molecule has 1 heterocycles. The van der Waals surface area contributed by atoms with Crippen molar-refractivity contribution in [2.45, 2.75) is 51.0 Å². The van der Waals surface area contributed by atoms with Crippen LogP contribution in [0.5, 0.6) is 0 Å². The van der Waals surface area contributed by atoms with Crippen LogP contribution < -0.4 is 0 Å². The number of ether oxygens (including phenoxy) is 1. The summed E-state index contributed by atoms with van der Waals surface area (Å²) in [5.74, 6) is -1.76. The Labute approximate surface area is 127 Å². The van der Waals surface area contributed by atoms with Gasteiger partial charge in [-0.15, -0.1) is 11.6 Å². The molecule has 3 nitrogen and oxygen atoms in total. The van der Waals surface area contributed by atoms with Gasteiger partial charge in [-0.05, 0) is 26.2 Å². The molecule has 2 fully saturated rings. The molecule has 1 saturated carbocycles. The van der Waals surface area contributed by atoms with Crippen molar-refractivity contribution < 1.29 is 22.7 Å². The predicted molar refractivity (Wildman–Crippen MR) is 73.1 cm³/mol. The summed E-state index contributed by atoms with van der Waals surface area (Å²) in [6.45, 7) is 2.65. The average molecular weight is 328 g/mol. The molecule has 2 aliphatic rings. The van der Waals surface area contributed by atoms with Crippen molar-refractivity contribution in [3.8, 4) is 0 Å². The summed E-state index contributed by atoms with van der Waals surface area (Å²) in [7, 11) is 0. The first kappa shape index (κ1) is 16.9. The van der Waals surface area contributed by atoms with Gasteiger partial charge in [-0.1, -0.05) is 6.42 Å². The quantitative estimate of drug-likeness (QED) is 0.729. The molecular weight excluding hydrogens is 307 g/mol. The fourth-order valence-corrected chi connectivity index (χ4v) is 3.45. The predicted octanol–water partition coefficient (Wildman–Crippen LogP) is 3.21. The van der Waals surface area contributed by atoms with Gasteiger partial charge in [0.15, 0.2) is 0 Å². The van der Waals surface area contributed by atoms with E-state index in [9.17, 15) is 18.0 Å². The van der Waals surface area contributed by atoms with Crippen LogP contribution in [0.3, 0.4) is 0 Å². The van der Waals surface area contributed by atoms with Gasteiger partial charge in [0.05, 0.1) is 24.0 Å². The molecule has 4 atom stereocenters. The van der Waals surface area contributed by atoms with Gasteiger partial charge < -0.3 is 9.64 Å². The fraction of sp³-hybridized carbons (Fsp3) is 0.929. The number of alkyl halides is 4. The monoisotopic (exact) mass is 327 g/mol. The second kappa shape index (κ2) is 6.73. The van der Waals surface area contributed by atoms with Crippen molar-refractivity contribution in [3.05, 3.63) is 0 Å². The highest BCUT2D eigenvalue weighted by Crippen LogP contribution is 2.40. The van der Waals surface area contributed by atoms with Gasteiger partial charge in [0.25, 0.3) is 0 Å². The maximum absolute atomic E-state index is 12.8. The molecule has 1 aliphatic heterocycles. The molecule has 21 heavy (non-hydrogen) atoms. The Morgan fingerprint density at radius 3 is 2.67 bits per heavy atom. The Kier molecular flexibility index (Phi) is 5.41. The number of morpholine rings is 1. The van der Waals surface area contributed by atoms with Crippen LogP contribution in [0.25, 0.3) is 0 Å². The molecule has 7 heteroatoms. The molecule has 4 unspecified atom stereocenters. The lowest BCUT2D eigenvalue weighted by molar-refractivity contribution is -0.188. The second-order valence-electron chi connectivity index (χ2n) is 6.07. The molecule has 0 bridgehead atoms. The van der Waals surface area contributed by atoms with Gasteiger partial charge in [-0.25, -0.2) is 0 Å². The third kappa shape index (κ3) is 4.25. The third-order valence-electron chi connectivity index (χ3n) is 4.30. The van der Waals surface area contributed by atoms with Gasteiger partial charge in [-0.3, -0.25) is 4.79 Å². The van der Waals surface area contributed by atoms with E-state index in [1.807, 2.05) is 6.92 Å². The van der Waals surface area contributed by atoms with Crippen LogP contribution in [0, 0.1) is 11.8 Å². The van der Waals surface area contributed by atoms with E-state index in [0.717, 1.165) is 0 Å². The van der Waals surface area contributed by atoms with Crippen molar-refractivity contribution >= 4 is 17.5 Å². The standard InChI is InChI=1S/C14H21ClF3NO2/c1-9-7-19(8-12(6-15)21-9)13(20)10-3-2-4-11(5-10)14(16,17)18/h9-12H,2-8H2,1H3. The van der Waals surface area contributed by atoms with E-state index in [-0.39, 0.29) is 36.8 Å². The topological polar surface area (TPSA) is 29.5 Å². The third-order valence-corrected chi connectivity index (χ3v) is 4.64. The Bertz CT molecular complexity index is 378. The van der Waals surface area contributed by atoms with E-state index >= 15 is 0 Å². The number of carbonyl (C=O) groups is 1. The van der Waals surface area contributed by atoms with E-state index in [1.54, 1.807) is 4.90 Å². The minimum absolute atomic E-state index is 0.0837. The minimum Gasteiger partial charge on any atom is -0.370 e. The Balaban J connectivity index is 1.98. The number of hydrogen-bond donors (Lipinski definition) is 0. The number of amides is 1. The van der Waals surface area contributed by atoms with Crippen molar-refractivity contribution in [1.29, 1.82) is 0 Å². The molecule has 122 valence electrons. The lowest BCUT2D eigenvalue weighted by Gasteiger charge is -2.39. The summed E-state index contributed by atoms with van der Waals surface area (Å²) >= 11 is 5.77. The molecule has 0 aromatic heterocycles. The highest BCUT2D eigenvalue weighted by atomic mass is 35.5.